The fraction of sp³-hybridized carbons (Fsp3) is 0.333. The molecular weight excluding hydrogens is 423 g/mol. The van der Waals surface area contributed by atoms with Gasteiger partial charge in [-0.25, -0.2) is 4.68 Å². The van der Waals surface area contributed by atoms with E-state index >= 15 is 0 Å². The molecule has 8 nitrogen and oxygen atoms in total. The molecule has 0 aliphatic heterocycles. The maximum Gasteiger partial charge on any atom is 0.416 e. The van der Waals surface area contributed by atoms with Gasteiger partial charge in [0, 0.05) is 17.4 Å². The van der Waals surface area contributed by atoms with Crippen LogP contribution in [0.15, 0.2) is 36.4 Å². The molecule has 0 radical (unpaired) electrons. The van der Waals surface area contributed by atoms with E-state index in [9.17, 15) is 18.0 Å². The summed E-state index contributed by atoms with van der Waals surface area (Å²) in [5, 5.41) is 10.2. The maximum absolute atomic E-state index is 13.1. The van der Waals surface area contributed by atoms with Gasteiger partial charge in [-0.1, -0.05) is 19.9 Å². The Morgan fingerprint density at radius 3 is 2.34 bits per heavy atom. The number of carbonyl (C=O) groups is 1. The van der Waals surface area contributed by atoms with Crippen molar-refractivity contribution in [2.75, 3.05) is 10.6 Å². The first-order valence-corrected chi connectivity index (χ1v) is 9.87. The molecule has 3 aromatic rings. The van der Waals surface area contributed by atoms with E-state index in [0.29, 0.717) is 0 Å². The number of nitrogens with zero attached hydrogens (tertiary/aromatic N) is 4. The average molecular weight is 447 g/mol. The number of nitrogens with one attached hydrogen (secondary N) is 2. The zero-order valence-corrected chi connectivity index (χ0v) is 18.0. The molecule has 0 bridgehead atoms. The second-order valence-electron chi connectivity index (χ2n) is 7.75. The van der Waals surface area contributed by atoms with Gasteiger partial charge in [-0.2, -0.15) is 28.2 Å². The number of hydrogen-bond acceptors (Lipinski definition) is 6. The predicted octanol–water partition coefficient (Wildman–Crippen LogP) is 3.96. The number of alkyl halides is 3. The first-order valence-electron chi connectivity index (χ1n) is 9.87. The predicted molar refractivity (Wildman–Crippen MR) is 115 cm³/mol. The van der Waals surface area contributed by atoms with Crippen LogP contribution in [0.2, 0.25) is 0 Å². The van der Waals surface area contributed by atoms with E-state index in [4.69, 9.17) is 5.73 Å². The zero-order chi connectivity index (χ0) is 23.6. The van der Waals surface area contributed by atoms with Gasteiger partial charge >= 0.3 is 6.18 Å². The van der Waals surface area contributed by atoms with Crippen LogP contribution in [0, 0.1) is 19.8 Å². The number of carbonyl (C=O) groups excluding carboxylic acids is 1. The van der Waals surface area contributed by atoms with Crippen molar-refractivity contribution in [1.29, 1.82) is 0 Å². The van der Waals surface area contributed by atoms with E-state index in [0.717, 1.165) is 23.5 Å². The number of nitrogens with two attached hydrogens (primary N) is 1. The molecule has 0 saturated carbocycles. The Morgan fingerprint density at radius 1 is 1.09 bits per heavy atom. The molecule has 2 aromatic heterocycles. The minimum atomic E-state index is -4.48. The van der Waals surface area contributed by atoms with E-state index in [1.807, 2.05) is 33.8 Å². The van der Waals surface area contributed by atoms with Crippen LogP contribution in [-0.2, 0) is 11.0 Å². The summed E-state index contributed by atoms with van der Waals surface area (Å²) in [6.45, 7) is 7.29. The lowest BCUT2D eigenvalue weighted by atomic mass is 10.0. The molecule has 0 spiro atoms. The Hall–Kier alpha value is -3.63. The van der Waals surface area contributed by atoms with Gasteiger partial charge < -0.3 is 16.4 Å². The minimum Gasteiger partial charge on any atom is -0.368 e. The van der Waals surface area contributed by atoms with Crippen LogP contribution in [0.4, 0.5) is 30.5 Å². The molecule has 170 valence electrons. The highest BCUT2D eigenvalue weighted by Crippen LogP contribution is 2.31. The van der Waals surface area contributed by atoms with Gasteiger partial charge in [-0.3, -0.25) is 4.79 Å². The van der Waals surface area contributed by atoms with E-state index in [1.165, 1.54) is 22.9 Å². The van der Waals surface area contributed by atoms with Crippen molar-refractivity contribution in [2.45, 2.75) is 39.9 Å². The molecular formula is C21H24F3N7O. The summed E-state index contributed by atoms with van der Waals surface area (Å²) >= 11 is 0. The van der Waals surface area contributed by atoms with Gasteiger partial charge in [-0.05, 0) is 44.0 Å². The third kappa shape index (κ3) is 5.34. The Labute approximate surface area is 183 Å². The van der Waals surface area contributed by atoms with Gasteiger partial charge in [0.2, 0.25) is 5.91 Å². The minimum absolute atomic E-state index is 0.125. The van der Waals surface area contributed by atoms with Crippen molar-refractivity contribution >= 4 is 23.2 Å². The third-order valence-electron chi connectivity index (χ3n) is 4.65. The van der Waals surface area contributed by atoms with Crippen molar-refractivity contribution in [3.05, 3.63) is 53.3 Å². The van der Waals surface area contributed by atoms with E-state index in [-0.39, 0.29) is 29.2 Å². The molecule has 1 atom stereocenters. The Kier molecular flexibility index (Phi) is 6.37. The number of aromatic nitrogens is 4. The molecule has 0 aliphatic carbocycles. The second kappa shape index (κ2) is 8.85. The topological polar surface area (TPSA) is 111 Å². The summed E-state index contributed by atoms with van der Waals surface area (Å²) in [4.78, 5) is 20.7. The quantitative estimate of drug-likeness (QED) is 0.506. The van der Waals surface area contributed by atoms with Gasteiger partial charge in [0.1, 0.15) is 17.7 Å². The van der Waals surface area contributed by atoms with Crippen LogP contribution in [0.5, 0.6) is 0 Å². The Morgan fingerprint density at radius 2 is 1.78 bits per heavy atom. The summed E-state index contributed by atoms with van der Waals surface area (Å²) in [5.74, 6) is -0.00826. The molecule has 32 heavy (non-hydrogen) atoms. The number of anilines is 3. The lowest BCUT2D eigenvalue weighted by Crippen LogP contribution is -2.39. The lowest BCUT2D eigenvalue weighted by molar-refractivity contribution is -0.137. The third-order valence-corrected chi connectivity index (χ3v) is 4.65. The first kappa shape index (κ1) is 23.0. The van der Waals surface area contributed by atoms with Crippen LogP contribution in [0.25, 0.3) is 5.95 Å². The van der Waals surface area contributed by atoms with E-state index in [2.05, 4.69) is 25.7 Å². The molecule has 1 aromatic carbocycles. The summed E-state index contributed by atoms with van der Waals surface area (Å²) in [6.07, 6.45) is -4.48. The largest absolute Gasteiger partial charge is 0.416 e. The molecule has 1 amide bonds. The highest BCUT2D eigenvalue weighted by atomic mass is 19.4. The van der Waals surface area contributed by atoms with Crippen molar-refractivity contribution < 1.29 is 18.0 Å². The van der Waals surface area contributed by atoms with Crippen LogP contribution in [0.1, 0.15) is 30.8 Å². The second-order valence-corrected chi connectivity index (χ2v) is 7.75. The number of primary amides is 1. The van der Waals surface area contributed by atoms with Gasteiger partial charge in [0.25, 0.3) is 5.95 Å². The van der Waals surface area contributed by atoms with Crippen molar-refractivity contribution in [3.8, 4) is 5.95 Å². The molecule has 4 N–H and O–H groups in total. The van der Waals surface area contributed by atoms with Crippen molar-refractivity contribution in [3.63, 3.8) is 0 Å². The molecule has 3 rings (SSSR count). The molecule has 0 aliphatic rings. The summed E-state index contributed by atoms with van der Waals surface area (Å²) in [7, 11) is 0. The SMILES string of the molecule is Cc1cc(C)n(-c2nc(Nc3cccc(C(F)(F)F)c3)cc(NC(C(N)=O)C(C)C)n2)n1. The first-order chi connectivity index (χ1) is 14.9. The number of aryl methyl sites for hydroxylation is 2. The molecule has 1 unspecified atom stereocenters. The van der Waals surface area contributed by atoms with Gasteiger partial charge in [-0.15, -0.1) is 0 Å². The number of hydrogen-bond donors (Lipinski definition) is 3. The molecule has 0 saturated heterocycles. The molecule has 2 heterocycles. The zero-order valence-electron chi connectivity index (χ0n) is 18.0. The number of benzene rings is 1. The highest BCUT2D eigenvalue weighted by molar-refractivity contribution is 5.83. The maximum atomic E-state index is 13.1. The molecule has 0 fully saturated rings. The van der Waals surface area contributed by atoms with Crippen LogP contribution < -0.4 is 16.4 Å². The standard InChI is InChI=1S/C21H24F3N7O/c1-11(2)18(19(25)32)27-17-10-16(26-15-7-5-6-14(9-15)21(22,23)24)28-20(29-17)31-13(4)8-12(3)30-31/h5-11,18H,1-4H3,(H2,25,32)(H2,26,27,28,29). The van der Waals surface area contributed by atoms with E-state index in [1.54, 1.807) is 0 Å². The van der Waals surface area contributed by atoms with Gasteiger partial charge in [0.05, 0.1) is 11.3 Å². The monoisotopic (exact) mass is 447 g/mol. The van der Waals surface area contributed by atoms with Crippen LogP contribution in [0.3, 0.4) is 0 Å². The van der Waals surface area contributed by atoms with Crippen LogP contribution >= 0.6 is 0 Å². The average Bonchev–Trinajstić information content (AvgIpc) is 3.03. The number of halogens is 3. The van der Waals surface area contributed by atoms with Crippen molar-refractivity contribution in [1.82, 2.24) is 19.7 Å². The lowest BCUT2D eigenvalue weighted by Gasteiger charge is -2.20. The fourth-order valence-corrected chi connectivity index (χ4v) is 3.15. The fourth-order valence-electron chi connectivity index (χ4n) is 3.15. The smallest absolute Gasteiger partial charge is 0.368 e. The number of rotatable bonds is 7. The highest BCUT2D eigenvalue weighted by Gasteiger charge is 2.30. The van der Waals surface area contributed by atoms with Crippen LogP contribution in [-0.4, -0.2) is 31.7 Å². The Balaban J connectivity index is 2.04. The van der Waals surface area contributed by atoms with Gasteiger partial charge in [0.15, 0.2) is 0 Å². The Bertz CT molecular complexity index is 1120. The molecule has 11 heteroatoms. The summed E-state index contributed by atoms with van der Waals surface area (Å²) < 4.78 is 40.7. The summed E-state index contributed by atoms with van der Waals surface area (Å²) in [6, 6.07) is 7.39. The normalized spacial score (nSPS) is 12.6. The number of amides is 1. The summed E-state index contributed by atoms with van der Waals surface area (Å²) in [5.41, 5.74) is 6.41. The van der Waals surface area contributed by atoms with Crippen molar-refractivity contribution in [2.24, 2.45) is 11.7 Å². The van der Waals surface area contributed by atoms with E-state index < -0.39 is 23.7 Å².